The lowest BCUT2D eigenvalue weighted by molar-refractivity contribution is -0.150. The van der Waals surface area contributed by atoms with Crippen molar-refractivity contribution in [2.45, 2.75) is 32.9 Å². The Labute approximate surface area is 138 Å². The lowest BCUT2D eigenvalue weighted by Crippen LogP contribution is -2.45. The minimum atomic E-state index is -0.766. The van der Waals surface area contributed by atoms with Crippen LogP contribution < -0.4 is 5.32 Å². The number of halogens is 2. The maximum absolute atomic E-state index is 12.4. The van der Waals surface area contributed by atoms with Gasteiger partial charge in [0.25, 0.3) is 0 Å². The number of aliphatic imine (C=N–C) groups is 1. The zero-order valence-electron chi connectivity index (χ0n) is 12.4. The molecule has 2 unspecified atom stereocenters. The van der Waals surface area contributed by atoms with Crippen molar-refractivity contribution in [1.29, 1.82) is 0 Å². The van der Waals surface area contributed by atoms with Gasteiger partial charge in [-0.15, -0.1) is 0 Å². The number of hydrogen-bond acceptors (Lipinski definition) is 3. The zero-order valence-corrected chi connectivity index (χ0v) is 13.9. The fourth-order valence-corrected chi connectivity index (χ4v) is 3.01. The molecule has 1 heterocycles. The van der Waals surface area contributed by atoms with Crippen molar-refractivity contribution in [1.82, 2.24) is 5.32 Å². The Morgan fingerprint density at radius 3 is 2.45 bits per heavy atom. The number of nitrogens with zero attached hydrogens (tertiary/aromatic N) is 1. The third kappa shape index (κ3) is 3.42. The van der Waals surface area contributed by atoms with Crippen LogP contribution in [0.15, 0.2) is 23.2 Å². The van der Waals surface area contributed by atoms with Crippen LogP contribution in [0.2, 0.25) is 10.0 Å². The fraction of sp³-hybridized carbons (Fsp3) is 0.400. The standard InChI is InChI=1S/C15H16Cl2N2O3/c1-7(2)22-14(20)11-8(3)18-15(21)19-13(11)12-9(16)5-4-6-10(12)17/h4-7,11,13H,1-3H3,(H,19,21). The van der Waals surface area contributed by atoms with E-state index in [1.165, 1.54) is 0 Å². The number of urea groups is 1. The van der Waals surface area contributed by atoms with Gasteiger partial charge in [0.05, 0.1) is 12.1 Å². The summed E-state index contributed by atoms with van der Waals surface area (Å²) < 4.78 is 5.27. The topological polar surface area (TPSA) is 67.8 Å². The van der Waals surface area contributed by atoms with E-state index >= 15 is 0 Å². The predicted octanol–water partition coefficient (Wildman–Crippen LogP) is 3.79. The van der Waals surface area contributed by atoms with Crippen LogP contribution in [0.5, 0.6) is 0 Å². The van der Waals surface area contributed by atoms with Crippen molar-refractivity contribution in [2.75, 3.05) is 0 Å². The number of nitrogens with one attached hydrogen (secondary N) is 1. The van der Waals surface area contributed by atoms with Crippen LogP contribution in [0, 0.1) is 5.92 Å². The third-order valence-electron chi connectivity index (χ3n) is 3.26. The summed E-state index contributed by atoms with van der Waals surface area (Å²) >= 11 is 12.4. The van der Waals surface area contributed by atoms with Crippen molar-refractivity contribution >= 4 is 40.9 Å². The molecule has 0 fully saturated rings. The number of hydrogen-bond donors (Lipinski definition) is 1. The summed E-state index contributed by atoms with van der Waals surface area (Å²) in [6.45, 7) is 5.12. The molecule has 0 saturated heterocycles. The van der Waals surface area contributed by atoms with Crippen molar-refractivity contribution < 1.29 is 14.3 Å². The van der Waals surface area contributed by atoms with Crippen LogP contribution in [0.4, 0.5) is 4.79 Å². The first-order valence-corrected chi connectivity index (χ1v) is 7.57. The van der Waals surface area contributed by atoms with E-state index in [1.54, 1.807) is 39.0 Å². The molecular weight excluding hydrogens is 327 g/mol. The van der Waals surface area contributed by atoms with E-state index in [1.807, 2.05) is 0 Å². The molecule has 2 amide bonds. The van der Waals surface area contributed by atoms with Crippen LogP contribution in [0.3, 0.4) is 0 Å². The summed E-state index contributed by atoms with van der Waals surface area (Å²) in [7, 11) is 0. The summed E-state index contributed by atoms with van der Waals surface area (Å²) in [5.74, 6) is -1.24. The van der Waals surface area contributed by atoms with Crippen LogP contribution in [0.1, 0.15) is 32.4 Å². The summed E-state index contributed by atoms with van der Waals surface area (Å²) in [5.41, 5.74) is 0.856. The molecule has 1 aromatic carbocycles. The Morgan fingerprint density at radius 1 is 1.32 bits per heavy atom. The largest absolute Gasteiger partial charge is 0.462 e. The molecule has 0 spiro atoms. The van der Waals surface area contributed by atoms with E-state index in [0.717, 1.165) is 0 Å². The van der Waals surface area contributed by atoms with Crippen molar-refractivity contribution in [3.63, 3.8) is 0 Å². The average molecular weight is 343 g/mol. The molecule has 0 saturated carbocycles. The Morgan fingerprint density at radius 2 is 1.91 bits per heavy atom. The number of rotatable bonds is 3. The maximum Gasteiger partial charge on any atom is 0.341 e. The van der Waals surface area contributed by atoms with E-state index in [-0.39, 0.29) is 6.10 Å². The lowest BCUT2D eigenvalue weighted by Gasteiger charge is -2.31. The van der Waals surface area contributed by atoms with Gasteiger partial charge >= 0.3 is 12.0 Å². The second-order valence-corrected chi connectivity index (χ2v) is 6.09. The summed E-state index contributed by atoms with van der Waals surface area (Å²) in [4.78, 5) is 27.9. The zero-order chi connectivity index (χ0) is 16.4. The maximum atomic E-state index is 12.4. The van der Waals surface area contributed by atoms with Crippen molar-refractivity contribution in [3.8, 4) is 0 Å². The number of carbonyl (C=O) groups excluding carboxylic acids is 2. The minimum Gasteiger partial charge on any atom is -0.462 e. The highest BCUT2D eigenvalue weighted by molar-refractivity contribution is 6.36. The summed E-state index contributed by atoms with van der Waals surface area (Å²) in [6, 6.07) is 3.76. The molecule has 1 N–H and O–H groups in total. The molecule has 22 heavy (non-hydrogen) atoms. The number of amides is 2. The monoisotopic (exact) mass is 342 g/mol. The third-order valence-corrected chi connectivity index (χ3v) is 3.92. The average Bonchev–Trinajstić information content (AvgIpc) is 2.36. The lowest BCUT2D eigenvalue weighted by atomic mass is 9.88. The van der Waals surface area contributed by atoms with Gasteiger partial charge in [-0.05, 0) is 32.9 Å². The highest BCUT2D eigenvalue weighted by Crippen LogP contribution is 2.37. The second-order valence-electron chi connectivity index (χ2n) is 5.28. The first-order chi connectivity index (χ1) is 10.3. The molecule has 1 aliphatic heterocycles. The molecule has 1 aliphatic rings. The molecule has 0 aliphatic carbocycles. The summed E-state index contributed by atoms with van der Waals surface area (Å²) in [6.07, 6.45) is -0.278. The molecule has 0 aromatic heterocycles. The Bertz CT molecular complexity index is 623. The predicted molar refractivity (Wildman–Crippen MR) is 85.6 cm³/mol. The summed E-state index contributed by atoms with van der Waals surface area (Å²) in [5, 5.41) is 3.39. The first kappa shape index (κ1) is 16.8. The highest BCUT2D eigenvalue weighted by Gasteiger charge is 2.40. The highest BCUT2D eigenvalue weighted by atomic mass is 35.5. The SMILES string of the molecule is CC1=NC(=O)NC(c2c(Cl)cccc2Cl)C1C(=O)OC(C)C. The van der Waals surface area contributed by atoms with Gasteiger partial charge in [-0.2, -0.15) is 0 Å². The molecule has 118 valence electrons. The Hall–Kier alpha value is -1.59. The van der Waals surface area contributed by atoms with Gasteiger partial charge in [-0.1, -0.05) is 29.3 Å². The number of carbonyl (C=O) groups is 2. The Balaban J connectivity index is 2.49. The van der Waals surface area contributed by atoms with Gasteiger partial charge in [0.15, 0.2) is 0 Å². The van der Waals surface area contributed by atoms with Gasteiger partial charge < -0.3 is 10.1 Å². The first-order valence-electron chi connectivity index (χ1n) is 6.81. The quantitative estimate of drug-likeness (QED) is 0.849. The van der Waals surface area contributed by atoms with Gasteiger partial charge in [-0.25, -0.2) is 9.79 Å². The normalized spacial score (nSPS) is 21.4. The van der Waals surface area contributed by atoms with Crippen molar-refractivity contribution in [2.24, 2.45) is 10.9 Å². The van der Waals surface area contributed by atoms with Crippen molar-refractivity contribution in [3.05, 3.63) is 33.8 Å². The molecule has 1 aromatic rings. The van der Waals surface area contributed by atoms with Gasteiger partial charge in [0.1, 0.15) is 5.92 Å². The Kier molecular flexibility index (Phi) is 5.08. The molecule has 2 atom stereocenters. The van der Waals surface area contributed by atoms with Gasteiger partial charge in [0, 0.05) is 21.3 Å². The van der Waals surface area contributed by atoms with Crippen LogP contribution >= 0.6 is 23.2 Å². The molecule has 5 nitrogen and oxygen atoms in total. The van der Waals surface area contributed by atoms with Gasteiger partial charge in [0.2, 0.25) is 0 Å². The van der Waals surface area contributed by atoms with Crippen LogP contribution in [-0.4, -0.2) is 23.8 Å². The molecule has 7 heteroatoms. The van der Waals surface area contributed by atoms with E-state index in [4.69, 9.17) is 27.9 Å². The van der Waals surface area contributed by atoms with Crippen LogP contribution in [-0.2, 0) is 9.53 Å². The molecular formula is C15H16Cl2N2O3. The number of esters is 1. The smallest absolute Gasteiger partial charge is 0.341 e. The molecule has 0 bridgehead atoms. The van der Waals surface area contributed by atoms with Gasteiger partial charge in [-0.3, -0.25) is 4.79 Å². The van der Waals surface area contributed by atoms with E-state index < -0.39 is 24.0 Å². The van der Waals surface area contributed by atoms with E-state index in [2.05, 4.69) is 10.3 Å². The van der Waals surface area contributed by atoms with E-state index in [9.17, 15) is 9.59 Å². The van der Waals surface area contributed by atoms with Crippen LogP contribution in [0.25, 0.3) is 0 Å². The second kappa shape index (κ2) is 6.67. The fourth-order valence-electron chi connectivity index (χ4n) is 2.38. The number of benzene rings is 1. The minimum absolute atomic E-state index is 0.278. The molecule has 0 radical (unpaired) electrons. The molecule has 2 rings (SSSR count). The van der Waals surface area contributed by atoms with E-state index in [0.29, 0.717) is 21.3 Å². The number of ether oxygens (including phenoxy) is 1.